The maximum Gasteiger partial charge on any atom is 0.305 e. The zero-order chi connectivity index (χ0) is 37.3. The number of aromatic nitrogens is 2. The summed E-state index contributed by atoms with van der Waals surface area (Å²) in [6.45, 7) is 3.19. The summed E-state index contributed by atoms with van der Waals surface area (Å²) < 4.78 is 21.7. The van der Waals surface area contributed by atoms with Gasteiger partial charge >= 0.3 is 5.97 Å². The summed E-state index contributed by atoms with van der Waals surface area (Å²) >= 11 is 6.37. The minimum atomic E-state index is -0.887. The van der Waals surface area contributed by atoms with Gasteiger partial charge in [0.2, 0.25) is 0 Å². The molecule has 0 radical (unpaired) electrons. The Hall–Kier alpha value is -4.72. The fourth-order valence-electron chi connectivity index (χ4n) is 5.92. The van der Waals surface area contributed by atoms with Gasteiger partial charge in [-0.1, -0.05) is 48.0 Å². The number of carbonyl (C=O) groups is 3. The van der Waals surface area contributed by atoms with Crippen molar-refractivity contribution in [1.29, 1.82) is 0 Å². The number of aryl methyl sites for hydroxylation is 2. The van der Waals surface area contributed by atoms with Crippen molar-refractivity contribution >= 4 is 35.1 Å². The van der Waals surface area contributed by atoms with Crippen LogP contribution in [0.15, 0.2) is 79.0 Å². The van der Waals surface area contributed by atoms with Crippen molar-refractivity contribution in [1.82, 2.24) is 15.3 Å². The number of benzene rings is 3. The van der Waals surface area contributed by atoms with Crippen LogP contribution in [0.4, 0.5) is 5.69 Å². The van der Waals surface area contributed by atoms with Crippen LogP contribution in [-0.2, 0) is 36.6 Å². The number of carboxylic acid groups (broad SMARTS) is 1. The summed E-state index contributed by atoms with van der Waals surface area (Å²) in [6, 6.07) is 22.1. The number of rotatable bonds is 21. The highest BCUT2D eigenvalue weighted by Gasteiger charge is 2.23. The summed E-state index contributed by atoms with van der Waals surface area (Å²) in [5.74, 6) is -1.22. The van der Waals surface area contributed by atoms with Gasteiger partial charge in [-0.3, -0.25) is 14.4 Å². The molecule has 0 bridgehead atoms. The Bertz CT molecular complexity index is 1820. The standard InChI is InChI=1S/C40H45ClN4O8/c41-31-13-14-35(33(27-31)38-42-17-15-36(43-38)40(49)45-34-12-4-9-29-8-1-2-11-32(29)34)44-39(48)30-10-3-6-28(26-30)7-5-18-50-20-22-52-24-25-53-23-21-51-19-16-37(46)47/h1-3,6,8,10-11,13-15,17,26-27,34H,4-5,7,9,12,16,18-25H2,(H,44,48)(H,45,49)(H,46,47)/t34-/m0/s1. The molecule has 3 aromatic carbocycles. The molecular formula is C40H45ClN4O8. The molecule has 2 amide bonds. The van der Waals surface area contributed by atoms with E-state index in [4.69, 9.17) is 35.7 Å². The second kappa shape index (κ2) is 21.1. The van der Waals surface area contributed by atoms with E-state index in [1.54, 1.807) is 30.3 Å². The minimum absolute atomic E-state index is 0.0203. The van der Waals surface area contributed by atoms with Crippen LogP contribution in [0.2, 0.25) is 5.02 Å². The number of nitrogens with one attached hydrogen (secondary N) is 2. The van der Waals surface area contributed by atoms with E-state index < -0.39 is 5.97 Å². The number of hydrogen-bond donors (Lipinski definition) is 3. The van der Waals surface area contributed by atoms with E-state index in [0.29, 0.717) is 68.1 Å². The van der Waals surface area contributed by atoms with Crippen molar-refractivity contribution in [2.75, 3.05) is 58.2 Å². The maximum atomic E-state index is 13.4. The lowest BCUT2D eigenvalue weighted by molar-refractivity contribution is -0.138. The summed E-state index contributed by atoms with van der Waals surface area (Å²) in [4.78, 5) is 46.2. The third-order valence-corrected chi connectivity index (χ3v) is 8.79. The smallest absolute Gasteiger partial charge is 0.305 e. The molecule has 53 heavy (non-hydrogen) atoms. The van der Waals surface area contributed by atoms with Gasteiger partial charge < -0.3 is 34.7 Å². The molecule has 0 unspecified atom stereocenters. The molecule has 1 aromatic heterocycles. The monoisotopic (exact) mass is 744 g/mol. The van der Waals surface area contributed by atoms with E-state index >= 15 is 0 Å². The van der Waals surface area contributed by atoms with Crippen molar-refractivity contribution in [2.45, 2.75) is 44.6 Å². The van der Waals surface area contributed by atoms with Gasteiger partial charge in [0, 0.05) is 29.0 Å². The van der Waals surface area contributed by atoms with Gasteiger partial charge in [-0.15, -0.1) is 0 Å². The molecule has 5 rings (SSSR count). The van der Waals surface area contributed by atoms with E-state index in [0.717, 1.165) is 43.2 Å². The molecule has 13 heteroatoms. The normalized spacial score (nSPS) is 13.6. The second-order valence-electron chi connectivity index (χ2n) is 12.4. The van der Waals surface area contributed by atoms with E-state index in [1.165, 1.54) is 11.8 Å². The summed E-state index contributed by atoms with van der Waals surface area (Å²) in [6.07, 6.45) is 5.85. The van der Waals surface area contributed by atoms with E-state index in [2.05, 4.69) is 32.7 Å². The Kier molecular flexibility index (Phi) is 15.7. The summed E-state index contributed by atoms with van der Waals surface area (Å²) in [5, 5.41) is 15.1. The molecule has 0 saturated carbocycles. The molecule has 1 aliphatic rings. The molecule has 12 nitrogen and oxygen atoms in total. The number of anilines is 1. The number of amides is 2. The largest absolute Gasteiger partial charge is 0.481 e. The van der Waals surface area contributed by atoms with Crippen LogP contribution in [0.25, 0.3) is 11.4 Å². The third kappa shape index (κ3) is 12.7. The topological polar surface area (TPSA) is 158 Å². The number of aliphatic carboxylic acids is 1. The van der Waals surface area contributed by atoms with Gasteiger partial charge in [-0.05, 0) is 85.2 Å². The number of carbonyl (C=O) groups excluding carboxylic acids is 2. The van der Waals surface area contributed by atoms with E-state index in [1.807, 2.05) is 30.3 Å². The molecule has 1 atom stereocenters. The molecular weight excluding hydrogens is 700 g/mol. The average Bonchev–Trinajstić information content (AvgIpc) is 3.17. The first kappa shape index (κ1) is 39.5. The summed E-state index contributed by atoms with van der Waals surface area (Å²) in [7, 11) is 0. The molecule has 4 aromatic rings. The molecule has 0 fully saturated rings. The van der Waals surface area contributed by atoms with Crippen molar-refractivity contribution in [2.24, 2.45) is 0 Å². The first-order valence-electron chi connectivity index (χ1n) is 17.8. The highest BCUT2D eigenvalue weighted by Crippen LogP contribution is 2.31. The maximum absolute atomic E-state index is 13.4. The Morgan fingerprint density at radius 3 is 2.32 bits per heavy atom. The number of fused-ring (bicyclic) bond motifs is 1. The molecule has 0 spiro atoms. The van der Waals surface area contributed by atoms with Gasteiger partial charge in [-0.2, -0.15) is 0 Å². The van der Waals surface area contributed by atoms with E-state index in [9.17, 15) is 14.4 Å². The van der Waals surface area contributed by atoms with Gasteiger partial charge in [0.25, 0.3) is 11.8 Å². The molecule has 280 valence electrons. The Morgan fingerprint density at radius 1 is 0.811 bits per heavy atom. The predicted octanol–water partition coefficient (Wildman–Crippen LogP) is 6.33. The number of ether oxygens (including phenoxy) is 4. The predicted molar refractivity (Wildman–Crippen MR) is 200 cm³/mol. The van der Waals surface area contributed by atoms with Gasteiger partial charge in [-0.25, -0.2) is 9.97 Å². The lowest BCUT2D eigenvalue weighted by Gasteiger charge is -2.26. The SMILES string of the molecule is O=C(O)CCOCCOCCOCCOCCCc1cccc(C(=O)Nc2ccc(Cl)cc2-c2nccc(C(=O)N[C@H]3CCCc4ccccc43)n2)c1. The van der Waals surface area contributed by atoms with Crippen molar-refractivity contribution in [3.63, 3.8) is 0 Å². The molecule has 1 heterocycles. The van der Waals surface area contributed by atoms with Crippen molar-refractivity contribution < 1.29 is 38.4 Å². The van der Waals surface area contributed by atoms with Crippen LogP contribution in [0.3, 0.4) is 0 Å². The Morgan fingerprint density at radius 2 is 1.55 bits per heavy atom. The second-order valence-corrected chi connectivity index (χ2v) is 12.9. The zero-order valence-electron chi connectivity index (χ0n) is 29.6. The minimum Gasteiger partial charge on any atom is -0.481 e. The van der Waals surface area contributed by atoms with Gasteiger partial charge in [0.1, 0.15) is 5.69 Å². The quantitative estimate of drug-likeness (QED) is 0.0824. The molecule has 1 aliphatic carbocycles. The first-order valence-corrected chi connectivity index (χ1v) is 18.2. The highest BCUT2D eigenvalue weighted by molar-refractivity contribution is 6.31. The zero-order valence-corrected chi connectivity index (χ0v) is 30.3. The third-order valence-electron chi connectivity index (χ3n) is 8.55. The fourth-order valence-corrected chi connectivity index (χ4v) is 6.10. The highest BCUT2D eigenvalue weighted by atomic mass is 35.5. The van der Waals surface area contributed by atoms with Gasteiger partial charge in [0.15, 0.2) is 5.82 Å². The molecule has 0 saturated heterocycles. The van der Waals surface area contributed by atoms with Crippen LogP contribution in [-0.4, -0.2) is 85.7 Å². The van der Waals surface area contributed by atoms with Crippen LogP contribution < -0.4 is 10.6 Å². The first-order chi connectivity index (χ1) is 25.9. The van der Waals surface area contributed by atoms with Gasteiger partial charge in [0.05, 0.1) is 64.4 Å². The lowest BCUT2D eigenvalue weighted by Crippen LogP contribution is -2.31. The summed E-state index contributed by atoms with van der Waals surface area (Å²) in [5.41, 5.74) is 5.06. The van der Waals surface area contributed by atoms with Crippen molar-refractivity contribution in [3.05, 3.63) is 112 Å². The number of halogens is 1. The van der Waals surface area contributed by atoms with Crippen LogP contribution >= 0.6 is 11.6 Å². The van der Waals surface area contributed by atoms with Crippen LogP contribution in [0.1, 0.15) is 69.3 Å². The van der Waals surface area contributed by atoms with Crippen LogP contribution in [0, 0.1) is 0 Å². The average molecular weight is 745 g/mol. The number of hydrogen-bond acceptors (Lipinski definition) is 9. The lowest BCUT2D eigenvalue weighted by atomic mass is 9.87. The van der Waals surface area contributed by atoms with Crippen molar-refractivity contribution in [3.8, 4) is 11.4 Å². The fraction of sp³-hybridized carbons (Fsp3) is 0.375. The molecule has 3 N–H and O–H groups in total. The number of carboxylic acids is 1. The Labute approximate surface area is 314 Å². The van der Waals surface area contributed by atoms with E-state index in [-0.39, 0.29) is 42.4 Å². The molecule has 0 aliphatic heterocycles. The number of nitrogens with zero attached hydrogens (tertiary/aromatic N) is 2. The Balaban J connectivity index is 1.07. The van der Waals surface area contributed by atoms with Crippen LogP contribution in [0.5, 0.6) is 0 Å².